The third-order valence-electron chi connectivity index (χ3n) is 5.45. The quantitative estimate of drug-likeness (QED) is 0.634. The fourth-order valence-electron chi connectivity index (χ4n) is 5.29. The molecule has 1 atom stereocenters. The van der Waals surface area contributed by atoms with Gasteiger partial charge < -0.3 is 0 Å². The Morgan fingerprint density at radius 1 is 1.06 bits per heavy atom. The lowest BCUT2D eigenvalue weighted by Crippen LogP contribution is -2.50. The minimum atomic E-state index is 0.431. The molecule has 1 unspecified atom stereocenters. The monoisotopic (exact) mass is 216 g/mol. The zero-order chi connectivity index (χ0) is 10.8. The molecular formula is C14H20N2. The highest BCUT2D eigenvalue weighted by Gasteiger charge is 2.54. The summed E-state index contributed by atoms with van der Waals surface area (Å²) in [6.45, 7) is 2.09. The van der Waals surface area contributed by atoms with E-state index < -0.39 is 0 Å². The van der Waals surface area contributed by atoms with Crippen molar-refractivity contribution in [2.45, 2.75) is 51.5 Å². The van der Waals surface area contributed by atoms with Crippen molar-refractivity contribution in [2.75, 3.05) is 0 Å². The van der Waals surface area contributed by atoms with E-state index in [0.717, 1.165) is 23.5 Å². The highest BCUT2D eigenvalue weighted by atomic mass is 15.2. The summed E-state index contributed by atoms with van der Waals surface area (Å²) in [6, 6.07) is 0.431. The van der Waals surface area contributed by atoms with Crippen molar-refractivity contribution in [1.82, 2.24) is 0 Å². The molecule has 1 aliphatic heterocycles. The predicted octanol–water partition coefficient (Wildman–Crippen LogP) is 3.94. The van der Waals surface area contributed by atoms with E-state index in [0.29, 0.717) is 11.5 Å². The standard InChI is InChI=1S/C14H20N2/c1-9-2-13(16-15-9)14-6-10-3-11(7-14)5-12(4-10)8-14/h2,10-13H,3-8H2,1H3. The second kappa shape index (κ2) is 2.96. The molecule has 0 aromatic heterocycles. The summed E-state index contributed by atoms with van der Waals surface area (Å²) >= 11 is 0. The Kier molecular flexibility index (Phi) is 1.74. The van der Waals surface area contributed by atoms with Gasteiger partial charge in [0.1, 0.15) is 0 Å². The first kappa shape index (κ1) is 9.38. The zero-order valence-corrected chi connectivity index (χ0v) is 10.0. The molecule has 0 spiro atoms. The predicted molar refractivity (Wildman–Crippen MR) is 63.0 cm³/mol. The van der Waals surface area contributed by atoms with Crippen LogP contribution in [0.15, 0.2) is 22.0 Å². The third-order valence-corrected chi connectivity index (χ3v) is 5.45. The zero-order valence-electron chi connectivity index (χ0n) is 10.0. The molecule has 4 fully saturated rings. The second-order valence-electron chi connectivity index (χ2n) is 6.75. The molecule has 4 bridgehead atoms. The van der Waals surface area contributed by atoms with Gasteiger partial charge in [-0.05, 0) is 74.7 Å². The molecule has 5 aliphatic rings. The SMILES string of the molecule is CC1=CC(C23CC4CC(CC(C4)C2)C3)N=N1. The number of hydrogen-bond acceptors (Lipinski definition) is 2. The largest absolute Gasteiger partial charge is 0.181 e. The Bertz CT molecular complexity index is 345. The smallest absolute Gasteiger partial charge is 0.0970 e. The summed E-state index contributed by atoms with van der Waals surface area (Å²) in [6.07, 6.45) is 11.2. The maximum atomic E-state index is 4.54. The number of nitrogens with zero attached hydrogens (tertiary/aromatic N) is 2. The second-order valence-corrected chi connectivity index (χ2v) is 6.75. The fourth-order valence-corrected chi connectivity index (χ4v) is 5.29. The first-order chi connectivity index (χ1) is 7.73. The molecule has 0 aromatic carbocycles. The first-order valence-electron chi connectivity index (χ1n) is 6.83. The average molecular weight is 216 g/mol. The molecule has 86 valence electrons. The molecule has 0 radical (unpaired) electrons. The Morgan fingerprint density at radius 2 is 1.62 bits per heavy atom. The van der Waals surface area contributed by atoms with Gasteiger partial charge in [0, 0.05) is 0 Å². The van der Waals surface area contributed by atoms with E-state index in [1.807, 2.05) is 0 Å². The number of allylic oxidation sites excluding steroid dienone is 1. The van der Waals surface area contributed by atoms with E-state index in [4.69, 9.17) is 0 Å². The van der Waals surface area contributed by atoms with Crippen LogP contribution in [0.3, 0.4) is 0 Å². The van der Waals surface area contributed by atoms with E-state index in [1.54, 1.807) is 0 Å². The molecule has 4 saturated carbocycles. The normalized spacial score (nSPS) is 53.4. The van der Waals surface area contributed by atoms with Gasteiger partial charge in [-0.2, -0.15) is 10.2 Å². The summed E-state index contributed by atoms with van der Waals surface area (Å²) in [5.74, 6) is 3.07. The lowest BCUT2D eigenvalue weighted by Gasteiger charge is -2.57. The Hall–Kier alpha value is -0.660. The van der Waals surface area contributed by atoms with Crippen molar-refractivity contribution in [3.8, 4) is 0 Å². The Labute approximate surface area is 97.2 Å². The Morgan fingerprint density at radius 3 is 2.06 bits per heavy atom. The van der Waals surface area contributed by atoms with E-state index in [9.17, 15) is 0 Å². The van der Waals surface area contributed by atoms with Crippen molar-refractivity contribution in [1.29, 1.82) is 0 Å². The van der Waals surface area contributed by atoms with Gasteiger partial charge in [0.15, 0.2) is 0 Å². The van der Waals surface area contributed by atoms with Crippen molar-refractivity contribution in [3.05, 3.63) is 11.8 Å². The van der Waals surface area contributed by atoms with E-state index in [-0.39, 0.29) is 0 Å². The number of azo groups is 1. The molecule has 1 heterocycles. The first-order valence-corrected chi connectivity index (χ1v) is 6.83. The van der Waals surface area contributed by atoms with E-state index in [2.05, 4.69) is 23.2 Å². The van der Waals surface area contributed by atoms with Gasteiger partial charge >= 0.3 is 0 Å². The summed E-state index contributed by atoms with van der Waals surface area (Å²) in [4.78, 5) is 0. The number of rotatable bonds is 1. The summed E-state index contributed by atoms with van der Waals surface area (Å²) < 4.78 is 0. The van der Waals surface area contributed by atoms with Gasteiger partial charge in [0.25, 0.3) is 0 Å². The van der Waals surface area contributed by atoms with Crippen LogP contribution in [0.5, 0.6) is 0 Å². The molecular weight excluding hydrogens is 196 g/mol. The topological polar surface area (TPSA) is 24.7 Å². The van der Waals surface area contributed by atoms with Gasteiger partial charge in [0.05, 0.1) is 11.7 Å². The molecule has 16 heavy (non-hydrogen) atoms. The number of hydrogen-bond donors (Lipinski definition) is 0. The summed E-state index contributed by atoms with van der Waals surface area (Å²) in [5.41, 5.74) is 1.66. The average Bonchev–Trinajstić information content (AvgIpc) is 2.63. The van der Waals surface area contributed by atoms with Crippen molar-refractivity contribution >= 4 is 0 Å². The summed E-state index contributed by atoms with van der Waals surface area (Å²) in [7, 11) is 0. The molecule has 0 saturated heterocycles. The van der Waals surface area contributed by atoms with Crippen molar-refractivity contribution in [3.63, 3.8) is 0 Å². The van der Waals surface area contributed by atoms with E-state index in [1.165, 1.54) is 38.5 Å². The maximum absolute atomic E-state index is 4.54. The van der Waals surface area contributed by atoms with Crippen LogP contribution in [0.25, 0.3) is 0 Å². The lowest BCUT2D eigenvalue weighted by atomic mass is 9.48. The summed E-state index contributed by atoms with van der Waals surface area (Å²) in [5, 5.41) is 8.80. The van der Waals surface area contributed by atoms with Gasteiger partial charge in [-0.1, -0.05) is 0 Å². The van der Waals surface area contributed by atoms with Crippen molar-refractivity contribution < 1.29 is 0 Å². The van der Waals surface area contributed by atoms with Crippen LogP contribution in [0, 0.1) is 23.2 Å². The molecule has 5 rings (SSSR count). The van der Waals surface area contributed by atoms with Crippen LogP contribution in [0.2, 0.25) is 0 Å². The van der Waals surface area contributed by atoms with Crippen molar-refractivity contribution in [2.24, 2.45) is 33.4 Å². The lowest BCUT2D eigenvalue weighted by molar-refractivity contribution is -0.0588. The fraction of sp³-hybridized carbons (Fsp3) is 0.857. The molecule has 0 amide bonds. The van der Waals surface area contributed by atoms with Crippen LogP contribution < -0.4 is 0 Å². The maximum Gasteiger partial charge on any atom is 0.0970 e. The highest BCUT2D eigenvalue weighted by Crippen LogP contribution is 2.62. The van der Waals surface area contributed by atoms with Gasteiger partial charge in [0.2, 0.25) is 0 Å². The van der Waals surface area contributed by atoms with Crippen LogP contribution in [-0.2, 0) is 0 Å². The molecule has 2 nitrogen and oxygen atoms in total. The Balaban J connectivity index is 1.69. The minimum absolute atomic E-state index is 0.431. The van der Waals surface area contributed by atoms with Gasteiger partial charge in [-0.25, -0.2) is 0 Å². The minimum Gasteiger partial charge on any atom is -0.181 e. The molecule has 2 heteroatoms. The molecule has 0 aromatic rings. The van der Waals surface area contributed by atoms with Crippen LogP contribution >= 0.6 is 0 Å². The molecule has 4 aliphatic carbocycles. The van der Waals surface area contributed by atoms with Crippen LogP contribution in [0.1, 0.15) is 45.4 Å². The molecule has 0 N–H and O–H groups in total. The third kappa shape index (κ3) is 1.19. The van der Waals surface area contributed by atoms with Crippen LogP contribution in [0.4, 0.5) is 0 Å². The van der Waals surface area contributed by atoms with Crippen LogP contribution in [-0.4, -0.2) is 6.04 Å². The van der Waals surface area contributed by atoms with Gasteiger partial charge in [-0.15, -0.1) is 0 Å². The van der Waals surface area contributed by atoms with Gasteiger partial charge in [-0.3, -0.25) is 0 Å². The highest BCUT2D eigenvalue weighted by molar-refractivity contribution is 5.17. The van der Waals surface area contributed by atoms with E-state index >= 15 is 0 Å².